The Morgan fingerprint density at radius 2 is 1.79 bits per heavy atom. The molecule has 0 saturated carbocycles. The van der Waals surface area contributed by atoms with E-state index in [2.05, 4.69) is 26.9 Å². The quantitative estimate of drug-likeness (QED) is 0.466. The predicted molar refractivity (Wildman–Crippen MR) is 107 cm³/mol. The van der Waals surface area contributed by atoms with Crippen molar-refractivity contribution < 1.29 is 4.39 Å². The molecule has 4 nitrogen and oxygen atoms in total. The summed E-state index contributed by atoms with van der Waals surface area (Å²) in [6, 6.07) is 17.9. The number of nitrogens with zero attached hydrogens (tertiary/aromatic N) is 4. The Bertz CT molecular complexity index is 1170. The third-order valence-electron chi connectivity index (χ3n) is 4.08. The van der Waals surface area contributed by atoms with Gasteiger partial charge in [-0.1, -0.05) is 41.8 Å². The highest BCUT2D eigenvalue weighted by Crippen LogP contribution is 2.29. The van der Waals surface area contributed by atoms with E-state index in [4.69, 9.17) is 11.6 Å². The average molecular weight is 389 g/mol. The van der Waals surface area contributed by atoms with E-state index in [1.54, 1.807) is 30.1 Å². The molecule has 0 amide bonds. The summed E-state index contributed by atoms with van der Waals surface area (Å²) in [7, 11) is 1.74. The van der Waals surface area contributed by atoms with Crippen LogP contribution in [-0.4, -0.2) is 19.7 Å². The van der Waals surface area contributed by atoms with Crippen LogP contribution >= 0.6 is 11.6 Å². The first-order chi connectivity index (χ1) is 13.6. The summed E-state index contributed by atoms with van der Waals surface area (Å²) in [5.74, 6) is 6.42. The third-order valence-corrected chi connectivity index (χ3v) is 4.39. The molecule has 136 valence electrons. The van der Waals surface area contributed by atoms with E-state index in [0.717, 1.165) is 11.1 Å². The summed E-state index contributed by atoms with van der Waals surface area (Å²) < 4.78 is 15.7. The largest absolute Gasteiger partial charge is 0.248 e. The zero-order chi connectivity index (χ0) is 19.5. The van der Waals surface area contributed by atoms with Gasteiger partial charge in [0.2, 0.25) is 0 Å². The molecule has 0 atom stereocenters. The minimum Gasteiger partial charge on any atom is -0.248 e. The van der Waals surface area contributed by atoms with Gasteiger partial charge in [-0.3, -0.25) is 0 Å². The van der Waals surface area contributed by atoms with E-state index in [-0.39, 0.29) is 16.4 Å². The van der Waals surface area contributed by atoms with Crippen LogP contribution in [0.25, 0.3) is 22.8 Å². The van der Waals surface area contributed by atoms with Crippen LogP contribution < -0.4 is 0 Å². The maximum Gasteiger partial charge on any atom is 0.186 e. The van der Waals surface area contributed by atoms with Crippen molar-refractivity contribution in [2.75, 3.05) is 0 Å². The van der Waals surface area contributed by atoms with Crippen molar-refractivity contribution in [1.29, 1.82) is 0 Å². The molecular formula is C22H14ClFN4. The first kappa shape index (κ1) is 17.9. The second kappa shape index (κ2) is 7.63. The number of hydrogen-bond donors (Lipinski definition) is 0. The van der Waals surface area contributed by atoms with Crippen LogP contribution in [0.4, 0.5) is 4.39 Å². The Morgan fingerprint density at radius 3 is 2.50 bits per heavy atom. The Labute approximate surface area is 166 Å². The Kier molecular flexibility index (Phi) is 4.88. The molecular weight excluding hydrogens is 375 g/mol. The zero-order valence-corrected chi connectivity index (χ0v) is 15.7. The molecule has 2 heterocycles. The Morgan fingerprint density at radius 1 is 0.964 bits per heavy atom. The number of rotatable bonds is 2. The van der Waals surface area contributed by atoms with E-state index in [9.17, 15) is 4.39 Å². The van der Waals surface area contributed by atoms with Crippen molar-refractivity contribution >= 4 is 11.6 Å². The van der Waals surface area contributed by atoms with Crippen molar-refractivity contribution in [2.45, 2.75) is 0 Å². The molecule has 4 rings (SSSR count). The molecule has 0 radical (unpaired) electrons. The second-order valence-electron chi connectivity index (χ2n) is 6.03. The minimum atomic E-state index is -0.464. The van der Waals surface area contributed by atoms with E-state index in [1.165, 1.54) is 6.07 Å². The molecule has 0 fully saturated rings. The molecule has 2 aromatic heterocycles. The van der Waals surface area contributed by atoms with Crippen molar-refractivity contribution in [3.05, 3.63) is 89.0 Å². The molecule has 0 saturated heterocycles. The molecule has 0 bridgehead atoms. The van der Waals surface area contributed by atoms with Crippen LogP contribution in [-0.2, 0) is 7.05 Å². The van der Waals surface area contributed by atoms with Crippen molar-refractivity contribution in [3.63, 3.8) is 0 Å². The lowest BCUT2D eigenvalue weighted by Gasteiger charge is -2.00. The van der Waals surface area contributed by atoms with Gasteiger partial charge in [0.25, 0.3) is 0 Å². The average Bonchev–Trinajstić information content (AvgIpc) is 3.08. The number of pyridine rings is 1. The fraction of sp³-hybridized carbons (Fsp3) is 0.0455. The molecule has 4 aromatic rings. The van der Waals surface area contributed by atoms with Gasteiger partial charge in [-0.2, -0.15) is 5.10 Å². The van der Waals surface area contributed by atoms with Crippen molar-refractivity contribution in [1.82, 2.24) is 19.7 Å². The van der Waals surface area contributed by atoms with Gasteiger partial charge in [-0.15, -0.1) is 0 Å². The van der Waals surface area contributed by atoms with E-state index >= 15 is 0 Å². The summed E-state index contributed by atoms with van der Waals surface area (Å²) in [4.78, 5) is 8.82. The Balaban J connectivity index is 1.64. The SMILES string of the molecule is Cn1nc(-c2c(F)cccc2Cl)nc1-c1ccc(C#Cc2ccccc2)nc1. The zero-order valence-electron chi connectivity index (χ0n) is 14.9. The highest BCUT2D eigenvalue weighted by atomic mass is 35.5. The second-order valence-corrected chi connectivity index (χ2v) is 6.43. The van der Waals surface area contributed by atoms with Gasteiger partial charge in [-0.05, 0) is 42.3 Å². The maximum atomic E-state index is 14.2. The summed E-state index contributed by atoms with van der Waals surface area (Å²) in [5, 5.41) is 4.57. The molecule has 0 unspecified atom stereocenters. The van der Waals surface area contributed by atoms with Crippen LogP contribution in [0, 0.1) is 17.7 Å². The summed E-state index contributed by atoms with van der Waals surface area (Å²) in [5.41, 5.74) is 2.50. The molecule has 0 aliphatic rings. The maximum absolute atomic E-state index is 14.2. The molecule has 6 heteroatoms. The van der Waals surface area contributed by atoms with Gasteiger partial charge < -0.3 is 0 Å². The van der Waals surface area contributed by atoms with Gasteiger partial charge in [0, 0.05) is 24.4 Å². The summed E-state index contributed by atoms with van der Waals surface area (Å²) in [6.45, 7) is 0. The van der Waals surface area contributed by atoms with E-state index in [0.29, 0.717) is 11.5 Å². The summed E-state index contributed by atoms with van der Waals surface area (Å²) >= 11 is 6.12. The number of hydrogen-bond acceptors (Lipinski definition) is 3. The fourth-order valence-corrected chi connectivity index (χ4v) is 2.96. The smallest absolute Gasteiger partial charge is 0.186 e. The van der Waals surface area contributed by atoms with Gasteiger partial charge >= 0.3 is 0 Å². The lowest BCUT2D eigenvalue weighted by Crippen LogP contribution is -1.95. The first-order valence-corrected chi connectivity index (χ1v) is 8.88. The molecule has 2 aromatic carbocycles. The number of aryl methyl sites for hydroxylation is 1. The molecule has 0 aliphatic carbocycles. The van der Waals surface area contributed by atoms with Gasteiger partial charge in [0.1, 0.15) is 11.5 Å². The standard InChI is InChI=1S/C22H14ClFN4/c1-28-22(26-21(27-28)20-18(23)8-5-9-19(20)24)16-11-13-17(25-14-16)12-10-15-6-3-2-4-7-15/h2-9,11,13-14H,1H3. The number of halogens is 2. The van der Waals surface area contributed by atoms with Crippen LogP contribution in [0.3, 0.4) is 0 Å². The van der Waals surface area contributed by atoms with Crippen LogP contribution in [0.15, 0.2) is 66.9 Å². The third kappa shape index (κ3) is 3.64. The highest BCUT2D eigenvalue weighted by molar-refractivity contribution is 6.33. The van der Waals surface area contributed by atoms with E-state index in [1.807, 2.05) is 42.5 Å². The predicted octanol–water partition coefficient (Wildman–Crippen LogP) is 4.74. The Hall–Kier alpha value is -3.49. The van der Waals surface area contributed by atoms with E-state index < -0.39 is 5.82 Å². The van der Waals surface area contributed by atoms with Crippen LogP contribution in [0.2, 0.25) is 5.02 Å². The lowest BCUT2D eigenvalue weighted by molar-refractivity contribution is 0.629. The molecule has 0 N–H and O–H groups in total. The molecule has 28 heavy (non-hydrogen) atoms. The fourth-order valence-electron chi connectivity index (χ4n) is 2.71. The highest BCUT2D eigenvalue weighted by Gasteiger charge is 2.17. The summed E-state index contributed by atoms with van der Waals surface area (Å²) in [6.07, 6.45) is 1.67. The lowest BCUT2D eigenvalue weighted by atomic mass is 10.2. The first-order valence-electron chi connectivity index (χ1n) is 8.51. The topological polar surface area (TPSA) is 43.6 Å². The van der Waals surface area contributed by atoms with Crippen molar-refractivity contribution in [2.24, 2.45) is 7.05 Å². The van der Waals surface area contributed by atoms with Crippen molar-refractivity contribution in [3.8, 4) is 34.6 Å². The molecule has 0 aliphatic heterocycles. The van der Waals surface area contributed by atoms with Gasteiger partial charge in [-0.25, -0.2) is 19.0 Å². The molecule has 0 spiro atoms. The monoisotopic (exact) mass is 388 g/mol. The number of aromatic nitrogens is 4. The van der Waals surface area contributed by atoms with Crippen LogP contribution in [0.1, 0.15) is 11.3 Å². The minimum absolute atomic E-state index is 0.185. The number of benzene rings is 2. The van der Waals surface area contributed by atoms with Crippen LogP contribution in [0.5, 0.6) is 0 Å². The van der Waals surface area contributed by atoms with Gasteiger partial charge in [0.15, 0.2) is 11.6 Å². The normalized spacial score (nSPS) is 10.4. The van der Waals surface area contributed by atoms with Gasteiger partial charge in [0.05, 0.1) is 10.6 Å².